The van der Waals surface area contributed by atoms with E-state index in [1.807, 2.05) is 6.08 Å². The maximum Gasteiger partial charge on any atom is 0.327 e. The van der Waals surface area contributed by atoms with Crippen molar-refractivity contribution in [3.05, 3.63) is 11.6 Å². The van der Waals surface area contributed by atoms with Crippen LogP contribution >= 0.6 is 12.6 Å². The summed E-state index contributed by atoms with van der Waals surface area (Å²) in [6, 6.07) is -1.06. The molecule has 0 heterocycles. The SMILES string of the molecule is C[C@]12CC[C@H]3[C@@H](CCC4=CC(=O)CC[C@@]43C)[C@@H]1CC[C@@H]2OC(=O)CCC(=O)N[C@H](CS)C(=O)O. The van der Waals surface area contributed by atoms with Crippen molar-refractivity contribution in [2.75, 3.05) is 5.75 Å². The van der Waals surface area contributed by atoms with Gasteiger partial charge in [-0.1, -0.05) is 19.4 Å². The van der Waals surface area contributed by atoms with Gasteiger partial charge in [-0.25, -0.2) is 4.79 Å². The quantitative estimate of drug-likeness (QED) is 0.370. The summed E-state index contributed by atoms with van der Waals surface area (Å²) >= 11 is 3.93. The van der Waals surface area contributed by atoms with Crippen molar-refractivity contribution >= 4 is 36.3 Å². The second kappa shape index (κ2) is 9.67. The fraction of sp³-hybridized carbons (Fsp3) is 0.769. The predicted molar refractivity (Wildman–Crippen MR) is 129 cm³/mol. The molecule has 3 fully saturated rings. The number of allylic oxidation sites excluding steroid dienone is 1. The van der Waals surface area contributed by atoms with E-state index in [9.17, 15) is 19.2 Å². The number of carboxylic acid groups (broad SMARTS) is 1. The lowest BCUT2D eigenvalue weighted by Crippen LogP contribution is -2.51. The number of carbonyl (C=O) groups is 4. The number of esters is 1. The maximum atomic E-state index is 12.6. The van der Waals surface area contributed by atoms with Crippen molar-refractivity contribution in [2.24, 2.45) is 28.6 Å². The van der Waals surface area contributed by atoms with Crippen LogP contribution < -0.4 is 5.32 Å². The minimum atomic E-state index is -1.15. The van der Waals surface area contributed by atoms with E-state index in [1.165, 1.54) is 5.57 Å². The van der Waals surface area contributed by atoms with Gasteiger partial charge in [0, 0.05) is 24.0 Å². The first kappa shape index (κ1) is 25.3. The van der Waals surface area contributed by atoms with Gasteiger partial charge in [0.1, 0.15) is 12.1 Å². The lowest BCUT2D eigenvalue weighted by atomic mass is 9.47. The number of fused-ring (bicyclic) bond motifs is 5. The van der Waals surface area contributed by atoms with Gasteiger partial charge in [-0.3, -0.25) is 14.4 Å². The monoisotopic (exact) mass is 491 g/mol. The van der Waals surface area contributed by atoms with E-state index >= 15 is 0 Å². The number of carbonyl (C=O) groups excluding carboxylic acids is 3. The van der Waals surface area contributed by atoms with Crippen LogP contribution in [-0.4, -0.2) is 46.6 Å². The molecular weight excluding hydrogens is 454 g/mol. The molecule has 0 spiro atoms. The van der Waals surface area contributed by atoms with Crippen molar-refractivity contribution in [3.63, 3.8) is 0 Å². The molecule has 0 aliphatic heterocycles. The van der Waals surface area contributed by atoms with Gasteiger partial charge in [0.25, 0.3) is 0 Å². The van der Waals surface area contributed by atoms with Gasteiger partial charge in [-0.05, 0) is 74.2 Å². The smallest absolute Gasteiger partial charge is 0.327 e. The number of rotatable bonds is 7. The fourth-order valence-corrected chi connectivity index (χ4v) is 7.84. The van der Waals surface area contributed by atoms with E-state index < -0.39 is 23.9 Å². The first-order valence-corrected chi connectivity index (χ1v) is 13.3. The van der Waals surface area contributed by atoms with E-state index in [0.717, 1.165) is 44.9 Å². The first-order valence-electron chi connectivity index (χ1n) is 12.6. The lowest BCUT2D eigenvalue weighted by molar-refractivity contribution is -0.160. The zero-order valence-corrected chi connectivity index (χ0v) is 21.1. The van der Waals surface area contributed by atoms with E-state index in [1.54, 1.807) is 0 Å². The molecule has 7 nitrogen and oxygen atoms in total. The van der Waals surface area contributed by atoms with Crippen molar-refractivity contribution in [2.45, 2.75) is 90.2 Å². The van der Waals surface area contributed by atoms with Crippen LogP contribution in [-0.2, 0) is 23.9 Å². The zero-order valence-electron chi connectivity index (χ0n) is 20.2. The molecule has 34 heavy (non-hydrogen) atoms. The number of carboxylic acids is 1. The summed E-state index contributed by atoms with van der Waals surface area (Å²) in [4.78, 5) is 47.7. The highest BCUT2D eigenvalue weighted by Crippen LogP contribution is 2.65. The Labute approximate surface area is 206 Å². The molecule has 0 unspecified atom stereocenters. The van der Waals surface area contributed by atoms with Gasteiger partial charge in [0.15, 0.2) is 5.78 Å². The molecule has 0 aromatic heterocycles. The molecule has 188 valence electrons. The number of aliphatic carboxylic acids is 1. The Balaban J connectivity index is 1.35. The zero-order chi connectivity index (χ0) is 24.7. The van der Waals surface area contributed by atoms with Crippen LogP contribution in [0.1, 0.15) is 78.1 Å². The van der Waals surface area contributed by atoms with Crippen LogP contribution in [0.3, 0.4) is 0 Å². The highest BCUT2D eigenvalue weighted by Gasteiger charge is 2.59. The summed E-state index contributed by atoms with van der Waals surface area (Å²) in [5.74, 6) is -0.0724. The Morgan fingerprint density at radius 2 is 1.88 bits per heavy atom. The van der Waals surface area contributed by atoms with Gasteiger partial charge < -0.3 is 15.2 Å². The molecule has 2 N–H and O–H groups in total. The highest BCUT2D eigenvalue weighted by atomic mass is 32.1. The van der Waals surface area contributed by atoms with Gasteiger partial charge in [0.2, 0.25) is 5.91 Å². The van der Waals surface area contributed by atoms with Gasteiger partial charge in [0.05, 0.1) is 6.42 Å². The van der Waals surface area contributed by atoms with E-state index in [2.05, 4.69) is 31.8 Å². The van der Waals surface area contributed by atoms with Crippen LogP contribution in [0.15, 0.2) is 11.6 Å². The number of ether oxygens (including phenoxy) is 1. The number of hydrogen-bond acceptors (Lipinski definition) is 6. The number of thiol groups is 1. The van der Waals surface area contributed by atoms with Crippen molar-refractivity contribution in [3.8, 4) is 0 Å². The third-order valence-corrected chi connectivity index (χ3v) is 9.89. The maximum absolute atomic E-state index is 12.6. The minimum Gasteiger partial charge on any atom is -0.480 e. The standard InChI is InChI=1S/C26H37NO6S/c1-25-11-9-16(28)13-15(25)3-4-17-18-5-6-21(26(18,2)12-10-19(17)25)33-23(30)8-7-22(29)27-20(14-34)24(31)32/h13,17-21,34H,3-12,14H2,1-2H3,(H,27,29)(H,31,32)/t17-,18-,19-,20+,21-,25-,26-/m0/s1. The Bertz CT molecular complexity index is 902. The Hall–Kier alpha value is -1.83. The summed E-state index contributed by atoms with van der Waals surface area (Å²) in [5.41, 5.74) is 1.43. The average Bonchev–Trinajstić information content (AvgIpc) is 3.12. The third kappa shape index (κ3) is 4.54. The lowest BCUT2D eigenvalue weighted by Gasteiger charge is -2.57. The Morgan fingerprint density at radius 3 is 2.59 bits per heavy atom. The molecule has 0 radical (unpaired) electrons. The van der Waals surface area contributed by atoms with Crippen LogP contribution in [0.2, 0.25) is 0 Å². The molecule has 0 aromatic rings. The van der Waals surface area contributed by atoms with E-state index in [4.69, 9.17) is 9.84 Å². The number of ketones is 1. The summed E-state index contributed by atoms with van der Waals surface area (Å²) < 4.78 is 5.93. The predicted octanol–water partition coefficient (Wildman–Crippen LogP) is 3.71. The number of amides is 1. The van der Waals surface area contributed by atoms with Gasteiger partial charge >= 0.3 is 11.9 Å². The molecule has 3 saturated carbocycles. The molecule has 4 rings (SSSR count). The van der Waals surface area contributed by atoms with Crippen LogP contribution in [0.5, 0.6) is 0 Å². The van der Waals surface area contributed by atoms with Crippen LogP contribution in [0, 0.1) is 28.6 Å². The summed E-state index contributed by atoms with van der Waals surface area (Å²) in [5, 5.41) is 11.4. The molecule has 0 saturated heterocycles. The molecule has 7 atom stereocenters. The second-order valence-corrected chi connectivity index (χ2v) is 11.6. The number of hydrogen-bond donors (Lipinski definition) is 3. The topological polar surface area (TPSA) is 110 Å². The molecule has 4 aliphatic rings. The summed E-state index contributed by atoms with van der Waals surface area (Å²) in [6.07, 6.45) is 9.34. The largest absolute Gasteiger partial charge is 0.480 e. The molecule has 0 aromatic carbocycles. The van der Waals surface area contributed by atoms with Crippen LogP contribution in [0.4, 0.5) is 0 Å². The average molecular weight is 492 g/mol. The van der Waals surface area contributed by atoms with Crippen molar-refractivity contribution in [1.29, 1.82) is 0 Å². The summed E-state index contributed by atoms with van der Waals surface area (Å²) in [6.45, 7) is 4.64. The number of nitrogens with one attached hydrogen (secondary N) is 1. The van der Waals surface area contributed by atoms with Gasteiger partial charge in [-0.15, -0.1) is 0 Å². The first-order chi connectivity index (χ1) is 16.1. The molecular formula is C26H37NO6S. The Morgan fingerprint density at radius 1 is 1.12 bits per heavy atom. The molecule has 0 bridgehead atoms. The second-order valence-electron chi connectivity index (χ2n) is 11.2. The summed E-state index contributed by atoms with van der Waals surface area (Å²) in [7, 11) is 0. The van der Waals surface area contributed by atoms with Crippen LogP contribution in [0.25, 0.3) is 0 Å². The van der Waals surface area contributed by atoms with Crippen molar-refractivity contribution in [1.82, 2.24) is 5.32 Å². The van der Waals surface area contributed by atoms with Crippen molar-refractivity contribution < 1.29 is 29.0 Å². The Kier molecular flexibility index (Phi) is 7.19. The third-order valence-electron chi connectivity index (χ3n) is 9.52. The normalized spacial score (nSPS) is 37.5. The van der Waals surface area contributed by atoms with Gasteiger partial charge in [-0.2, -0.15) is 12.6 Å². The highest BCUT2D eigenvalue weighted by molar-refractivity contribution is 7.80. The van der Waals surface area contributed by atoms with E-state index in [0.29, 0.717) is 24.2 Å². The molecule has 4 aliphatic carbocycles. The minimum absolute atomic E-state index is 0.0118. The van der Waals surface area contributed by atoms with E-state index in [-0.39, 0.29) is 41.3 Å². The molecule has 1 amide bonds. The fourth-order valence-electron chi connectivity index (χ4n) is 7.59. The molecule has 8 heteroatoms.